The molecule has 9 heteroatoms. The Morgan fingerprint density at radius 3 is 0.722 bits per heavy atom. The van der Waals surface area contributed by atoms with E-state index in [0.29, 0.717) is 0 Å². The maximum absolute atomic E-state index is 5.27. The molecule has 0 aromatic carbocycles. The Hall–Kier alpha value is 0.739. The molecule has 0 N–H and O–H groups in total. The van der Waals surface area contributed by atoms with Gasteiger partial charge in [0.05, 0.1) is 0 Å². The van der Waals surface area contributed by atoms with Crippen LogP contribution in [0.2, 0.25) is 0 Å². The summed E-state index contributed by atoms with van der Waals surface area (Å²) in [4.78, 5) is 0. The maximum atomic E-state index is 5.27. The predicted octanol–water partition coefficient (Wildman–Crippen LogP) is 3.33. The molecular weight excluding hydrogens is 227 g/mol. The van der Waals surface area contributed by atoms with Gasteiger partial charge in [-0.2, -0.15) is 0 Å². The average Bonchev–Trinajstić information content (AvgIpc) is 1.64. The van der Waals surface area contributed by atoms with Gasteiger partial charge in [0.25, 0.3) is 0 Å². The Balaban J connectivity index is -0.00000000889. The van der Waals surface area contributed by atoms with E-state index in [9.17, 15) is 0 Å². The first-order valence-corrected chi connectivity index (χ1v) is 3.04. The number of hydrogen-bond donors (Lipinski definition) is 0. The molecule has 0 unspecified atom stereocenters. The molecule has 18 heavy (non-hydrogen) atoms. The molecule has 0 aliphatic rings. The van der Waals surface area contributed by atoms with Gasteiger partial charge in [0.2, 0.25) is 0 Å². The molecule has 0 heterocycles. The quantitative estimate of drug-likeness (QED) is 0.704. The fourth-order valence-electron chi connectivity index (χ4n) is 0.438. The van der Waals surface area contributed by atoms with Crippen LogP contribution in [0.15, 0.2) is 0 Å². The molecule has 0 fully saturated rings. The van der Waals surface area contributed by atoms with Gasteiger partial charge >= 0.3 is 68.2 Å². The molecule has 0 aliphatic carbocycles. The van der Waals surface area contributed by atoms with Crippen molar-refractivity contribution in [1.82, 2.24) is 0 Å². The van der Waals surface area contributed by atoms with Crippen molar-refractivity contribution < 1.29 is 0 Å². The van der Waals surface area contributed by atoms with E-state index < -0.39 is 12.8 Å². The third kappa shape index (κ3) is 36.0. The van der Waals surface area contributed by atoms with E-state index in [1.807, 2.05) is 0 Å². The van der Waals surface area contributed by atoms with Crippen LogP contribution in [0.25, 0.3) is 0 Å². The normalized spacial score (nSPS) is 3.78. The SMILES string of the molecule is C.C.C.C.C.C.C.C.C.[B]B([B])B(B=S)B([B])[B]. The van der Waals surface area contributed by atoms with Crippen molar-refractivity contribution in [3.05, 3.63) is 0 Å². The van der Waals surface area contributed by atoms with E-state index >= 15 is 0 Å². The topological polar surface area (TPSA) is 0 Å². The zero-order chi connectivity index (χ0) is 7.44. The summed E-state index contributed by atoms with van der Waals surface area (Å²) in [6.45, 7) is 0. The molecular formula is C9H36B8S. The van der Waals surface area contributed by atoms with Crippen molar-refractivity contribution in [3.8, 4) is 0 Å². The molecule has 0 amide bonds. The van der Waals surface area contributed by atoms with Crippen molar-refractivity contribution >= 4 is 68.2 Å². The van der Waals surface area contributed by atoms with Crippen LogP contribution in [0.3, 0.4) is 0 Å². The summed E-state index contributed by atoms with van der Waals surface area (Å²) < 4.78 is 0. The molecule has 0 aromatic rings. The van der Waals surface area contributed by atoms with E-state index in [1.165, 1.54) is 6.05 Å². The van der Waals surface area contributed by atoms with Crippen LogP contribution in [-0.4, -0.2) is 56.1 Å². The minimum absolute atomic E-state index is 0. The van der Waals surface area contributed by atoms with E-state index in [2.05, 4.69) is 12.1 Å². The van der Waals surface area contributed by atoms with Crippen LogP contribution in [-0.2, 0) is 0 Å². The molecule has 0 saturated carbocycles. The van der Waals surface area contributed by atoms with Gasteiger partial charge in [0.15, 0.2) is 0 Å². The fourth-order valence-corrected chi connectivity index (χ4v) is 0.801. The van der Waals surface area contributed by atoms with Crippen LogP contribution >= 0.6 is 12.1 Å². The Labute approximate surface area is 135 Å². The molecule has 0 aliphatic heterocycles. The number of rotatable bonds is 3. The van der Waals surface area contributed by atoms with Gasteiger partial charge < -0.3 is 0 Å². The summed E-state index contributed by atoms with van der Waals surface area (Å²) in [7, 11) is 21.1. The molecule has 0 aromatic heterocycles. The van der Waals surface area contributed by atoms with Crippen LogP contribution in [0.4, 0.5) is 0 Å². The van der Waals surface area contributed by atoms with Crippen molar-refractivity contribution in [2.24, 2.45) is 0 Å². The fraction of sp³-hybridized carbons (Fsp3) is 1.00. The summed E-state index contributed by atoms with van der Waals surface area (Å²) in [5.74, 6) is 0. The second-order valence-corrected chi connectivity index (χ2v) is 2.14. The molecule has 0 atom stereocenters. The zero-order valence-electron chi connectivity index (χ0n) is 5.03. The number of hydrogen-bond acceptors (Lipinski definition) is 1. The van der Waals surface area contributed by atoms with Crippen LogP contribution in [0, 0.1) is 0 Å². The van der Waals surface area contributed by atoms with E-state index in [4.69, 9.17) is 30.9 Å². The Morgan fingerprint density at radius 2 is 0.722 bits per heavy atom. The molecule has 0 nitrogen and oxygen atoms in total. The average molecular weight is 263 g/mol. The first-order chi connectivity index (χ1) is 4.09. The van der Waals surface area contributed by atoms with E-state index in [-0.39, 0.29) is 73.2 Å². The van der Waals surface area contributed by atoms with Crippen LogP contribution < -0.4 is 0 Å². The first kappa shape index (κ1) is 77.2. The van der Waals surface area contributed by atoms with Gasteiger partial charge in [0, 0.05) is 0 Å². The van der Waals surface area contributed by atoms with Crippen molar-refractivity contribution in [2.75, 3.05) is 0 Å². The molecule has 0 bridgehead atoms. The molecule has 0 spiro atoms. The van der Waals surface area contributed by atoms with E-state index in [0.717, 1.165) is 0 Å². The summed E-state index contributed by atoms with van der Waals surface area (Å²) >= 11 is 4.58. The summed E-state index contributed by atoms with van der Waals surface area (Å²) in [5, 5.41) is 0. The second-order valence-electron chi connectivity index (χ2n) is 1.87. The van der Waals surface area contributed by atoms with Crippen molar-refractivity contribution in [2.45, 2.75) is 66.8 Å². The van der Waals surface area contributed by atoms with Crippen LogP contribution in [0.5, 0.6) is 0 Å². The Morgan fingerprint density at radius 1 is 0.556 bits per heavy atom. The molecule has 102 valence electrons. The third-order valence-electron chi connectivity index (χ3n) is 1.05. The molecule has 0 rings (SSSR count). The predicted molar refractivity (Wildman–Crippen MR) is 114 cm³/mol. The van der Waals surface area contributed by atoms with Gasteiger partial charge in [-0.25, -0.2) is 0 Å². The summed E-state index contributed by atoms with van der Waals surface area (Å²) in [5.41, 5.74) is 0. The van der Waals surface area contributed by atoms with Crippen molar-refractivity contribution in [1.29, 1.82) is 0 Å². The van der Waals surface area contributed by atoms with Gasteiger partial charge in [-0.3, -0.25) is 0 Å². The summed E-state index contributed by atoms with van der Waals surface area (Å²) in [6.07, 6.45) is -1.38. The molecule has 8 radical (unpaired) electrons. The van der Waals surface area contributed by atoms with Crippen molar-refractivity contribution in [3.63, 3.8) is 0 Å². The first-order valence-electron chi connectivity index (χ1n) is 2.57. The zero-order valence-corrected chi connectivity index (χ0v) is 5.84. The van der Waals surface area contributed by atoms with Gasteiger partial charge in [0.1, 0.15) is 0 Å². The third-order valence-corrected chi connectivity index (χ3v) is 1.36. The Bertz CT molecular complexity index is 94.6. The standard InChI is InChI=1S/9CH4.B8S/c;;;;;;;;;1-6(2)8(5-9)7(3)4/h9*1H4;. The summed E-state index contributed by atoms with van der Waals surface area (Å²) in [6, 6.07) is 1.40. The van der Waals surface area contributed by atoms with Gasteiger partial charge in [-0.05, 0) is 0 Å². The van der Waals surface area contributed by atoms with Gasteiger partial charge in [-0.15, -0.1) is 0 Å². The van der Waals surface area contributed by atoms with Gasteiger partial charge in [-0.1, -0.05) is 66.8 Å². The van der Waals surface area contributed by atoms with E-state index in [1.54, 1.807) is 0 Å². The second kappa shape index (κ2) is 43.1. The monoisotopic (exact) mass is 264 g/mol. The Kier molecular flexibility index (Phi) is 185. The molecule has 0 saturated heterocycles. The minimum atomic E-state index is -0.553. The van der Waals surface area contributed by atoms with Crippen LogP contribution in [0.1, 0.15) is 66.8 Å².